The highest BCUT2D eigenvalue weighted by Gasteiger charge is 2.19. The van der Waals surface area contributed by atoms with Crippen LogP contribution in [0, 0.1) is 0 Å². The fourth-order valence-corrected chi connectivity index (χ4v) is 4.91. The van der Waals surface area contributed by atoms with Gasteiger partial charge in [-0.1, -0.05) is 23.2 Å². The number of pyridine rings is 2. The van der Waals surface area contributed by atoms with Crippen LogP contribution in [0.4, 0.5) is 0 Å². The van der Waals surface area contributed by atoms with E-state index in [4.69, 9.17) is 23.2 Å². The Labute approximate surface area is 292 Å². The summed E-state index contributed by atoms with van der Waals surface area (Å²) in [5.41, 5.74) is 3.83. The highest BCUT2D eigenvalue weighted by molar-refractivity contribution is 6.31. The molecular formula is C36H29Cl3N4O5. The second kappa shape index (κ2) is 16.6. The molecule has 0 saturated carbocycles. The number of carbonyl (C=O) groups is 4. The van der Waals surface area contributed by atoms with E-state index in [-0.39, 0.29) is 41.0 Å². The second-order valence-corrected chi connectivity index (χ2v) is 11.1. The average molecular weight is 704 g/mol. The summed E-state index contributed by atoms with van der Waals surface area (Å²) in [6, 6.07) is 23.3. The number of benzene rings is 2. The molecule has 6 rings (SSSR count). The quantitative estimate of drug-likeness (QED) is 0.163. The lowest BCUT2D eigenvalue weighted by atomic mass is 10.1. The van der Waals surface area contributed by atoms with Crippen molar-refractivity contribution in [2.45, 2.75) is 0 Å². The van der Waals surface area contributed by atoms with Gasteiger partial charge in [-0.2, -0.15) is 0 Å². The van der Waals surface area contributed by atoms with Gasteiger partial charge in [-0.15, -0.1) is 12.4 Å². The topological polar surface area (TPSA) is 135 Å². The summed E-state index contributed by atoms with van der Waals surface area (Å²) in [6.45, 7) is 0. The van der Waals surface area contributed by atoms with Gasteiger partial charge in [0.1, 0.15) is 0 Å². The summed E-state index contributed by atoms with van der Waals surface area (Å²) in [4.78, 5) is 57.9. The third-order valence-electron chi connectivity index (χ3n) is 7.06. The highest BCUT2D eigenvalue weighted by Crippen LogP contribution is 2.19. The summed E-state index contributed by atoms with van der Waals surface area (Å²) in [6.07, 6.45) is 9.54. The summed E-state index contributed by atoms with van der Waals surface area (Å²) >= 11 is 11.7. The van der Waals surface area contributed by atoms with E-state index in [1.807, 2.05) is 0 Å². The highest BCUT2D eigenvalue weighted by atomic mass is 35.5. The normalized spacial score (nSPS) is 10.1. The number of rotatable bonds is 8. The van der Waals surface area contributed by atoms with Crippen LogP contribution in [0.5, 0.6) is 0 Å². The van der Waals surface area contributed by atoms with E-state index in [1.54, 1.807) is 133 Å². The SMILES string of the molecule is Cl.Cn1cc(C(=O)c2cccnc2)cc1C(=O)c1ccc(Cl)cc1.Cn1cc(C(=O)c2cccnc2)cc1C(=O)c1ccc(Cl)cc1.O. The Morgan fingerprint density at radius 1 is 0.521 bits per heavy atom. The molecule has 4 aromatic heterocycles. The van der Waals surface area contributed by atoms with Gasteiger partial charge in [-0.05, 0) is 84.9 Å². The molecule has 244 valence electrons. The molecule has 0 spiro atoms. The van der Waals surface area contributed by atoms with Crippen molar-refractivity contribution in [2.24, 2.45) is 14.1 Å². The van der Waals surface area contributed by atoms with Crippen molar-refractivity contribution in [3.05, 3.63) is 177 Å². The minimum atomic E-state index is -0.163. The van der Waals surface area contributed by atoms with Crippen LogP contribution >= 0.6 is 35.6 Å². The molecule has 48 heavy (non-hydrogen) atoms. The van der Waals surface area contributed by atoms with Gasteiger partial charge in [-0.3, -0.25) is 29.1 Å². The standard InChI is InChI=1S/2C18H13ClN2O2.ClH.H2O/c2*1-21-11-14(17(22)13-3-2-8-20-10-13)9-16(21)18(23)12-4-6-15(19)7-5-12;;/h2*2-11H,1H3;1H;1H2. The number of aromatic nitrogens is 4. The Bertz CT molecular complexity index is 1890. The van der Waals surface area contributed by atoms with E-state index < -0.39 is 0 Å². The molecule has 0 unspecified atom stereocenters. The third-order valence-corrected chi connectivity index (χ3v) is 7.56. The molecule has 0 aliphatic heterocycles. The lowest BCUT2D eigenvalue weighted by molar-refractivity contribution is 0.102. The van der Waals surface area contributed by atoms with Gasteiger partial charge in [-0.25, -0.2) is 0 Å². The molecule has 2 N–H and O–H groups in total. The van der Waals surface area contributed by atoms with E-state index in [0.29, 0.717) is 54.8 Å². The van der Waals surface area contributed by atoms with Gasteiger partial charge in [0.2, 0.25) is 11.6 Å². The monoisotopic (exact) mass is 702 g/mol. The van der Waals surface area contributed by atoms with Gasteiger partial charge < -0.3 is 14.6 Å². The van der Waals surface area contributed by atoms with E-state index in [0.717, 1.165) is 0 Å². The number of hydrogen-bond acceptors (Lipinski definition) is 6. The maximum atomic E-state index is 12.6. The largest absolute Gasteiger partial charge is 0.412 e. The maximum absolute atomic E-state index is 12.6. The van der Waals surface area contributed by atoms with E-state index in [9.17, 15) is 19.2 Å². The molecular weight excluding hydrogens is 675 g/mol. The van der Waals surface area contributed by atoms with Crippen molar-refractivity contribution in [3.63, 3.8) is 0 Å². The molecule has 0 aliphatic carbocycles. The fourth-order valence-electron chi connectivity index (χ4n) is 4.65. The first-order valence-corrected chi connectivity index (χ1v) is 14.7. The third kappa shape index (κ3) is 8.58. The molecule has 0 saturated heterocycles. The van der Waals surface area contributed by atoms with Crippen LogP contribution in [0.3, 0.4) is 0 Å². The summed E-state index contributed by atoms with van der Waals surface area (Å²) in [5, 5.41) is 1.14. The van der Waals surface area contributed by atoms with Crippen LogP contribution in [0.2, 0.25) is 10.0 Å². The van der Waals surface area contributed by atoms with Crippen molar-refractivity contribution >= 4 is 58.7 Å². The Hall–Kier alpha value is -5.19. The van der Waals surface area contributed by atoms with Crippen LogP contribution < -0.4 is 0 Å². The second-order valence-electron chi connectivity index (χ2n) is 10.3. The minimum absolute atomic E-state index is 0. The van der Waals surface area contributed by atoms with Crippen molar-refractivity contribution in [3.8, 4) is 0 Å². The lowest BCUT2D eigenvalue weighted by Gasteiger charge is -2.02. The molecule has 0 radical (unpaired) electrons. The van der Waals surface area contributed by atoms with E-state index in [1.165, 1.54) is 12.4 Å². The van der Waals surface area contributed by atoms with Crippen molar-refractivity contribution in [1.29, 1.82) is 0 Å². The zero-order chi connectivity index (χ0) is 32.8. The van der Waals surface area contributed by atoms with Crippen molar-refractivity contribution in [1.82, 2.24) is 19.1 Å². The molecule has 0 fully saturated rings. The predicted octanol–water partition coefficient (Wildman–Crippen LogP) is 6.67. The number of halogens is 3. The van der Waals surface area contributed by atoms with Gasteiger partial charge in [0.15, 0.2) is 11.6 Å². The van der Waals surface area contributed by atoms with Gasteiger partial charge in [0.25, 0.3) is 0 Å². The van der Waals surface area contributed by atoms with Crippen LogP contribution in [-0.2, 0) is 14.1 Å². The van der Waals surface area contributed by atoms with Gasteiger partial charge >= 0.3 is 0 Å². The Kier molecular flexibility index (Phi) is 12.9. The minimum Gasteiger partial charge on any atom is -0.412 e. The Morgan fingerprint density at radius 2 is 0.875 bits per heavy atom. The van der Waals surface area contributed by atoms with Crippen molar-refractivity contribution < 1.29 is 24.7 Å². The van der Waals surface area contributed by atoms with Gasteiger partial charge in [0.05, 0.1) is 11.4 Å². The molecule has 0 amide bonds. The number of aryl methyl sites for hydroxylation is 2. The molecule has 0 bridgehead atoms. The summed E-state index contributed by atoms with van der Waals surface area (Å²) in [5.74, 6) is -0.642. The zero-order valence-electron chi connectivity index (χ0n) is 25.6. The van der Waals surface area contributed by atoms with Crippen LogP contribution in [0.1, 0.15) is 63.9 Å². The van der Waals surface area contributed by atoms with Crippen molar-refractivity contribution in [2.75, 3.05) is 0 Å². The molecule has 2 aromatic carbocycles. The Balaban J connectivity index is 0.000000250. The van der Waals surface area contributed by atoms with E-state index in [2.05, 4.69) is 9.97 Å². The van der Waals surface area contributed by atoms with Crippen LogP contribution in [0.25, 0.3) is 0 Å². The first kappa shape index (κ1) is 37.3. The molecule has 0 aliphatic rings. The maximum Gasteiger partial charge on any atom is 0.209 e. The zero-order valence-corrected chi connectivity index (χ0v) is 28.0. The predicted molar refractivity (Wildman–Crippen MR) is 187 cm³/mol. The first-order chi connectivity index (χ1) is 22.1. The van der Waals surface area contributed by atoms with Crippen LogP contribution in [0.15, 0.2) is 122 Å². The number of nitrogens with zero attached hydrogens (tertiary/aromatic N) is 4. The average Bonchev–Trinajstić information content (AvgIpc) is 3.67. The lowest BCUT2D eigenvalue weighted by Crippen LogP contribution is -2.06. The summed E-state index contributed by atoms with van der Waals surface area (Å²) < 4.78 is 3.31. The smallest absolute Gasteiger partial charge is 0.209 e. The Morgan fingerprint density at radius 3 is 1.19 bits per heavy atom. The first-order valence-electron chi connectivity index (χ1n) is 13.9. The molecule has 0 atom stereocenters. The fraction of sp³-hybridized carbons (Fsp3) is 0.0556. The van der Waals surface area contributed by atoms with Gasteiger partial charge in [0, 0.05) is 94.7 Å². The number of ketones is 4. The number of hydrogen-bond donors (Lipinski definition) is 0. The van der Waals surface area contributed by atoms with Crippen LogP contribution in [-0.4, -0.2) is 47.7 Å². The molecule has 12 heteroatoms. The molecule has 4 heterocycles. The van der Waals surface area contributed by atoms with E-state index >= 15 is 0 Å². The molecule has 9 nitrogen and oxygen atoms in total. The molecule has 6 aromatic rings. The number of carbonyl (C=O) groups excluding carboxylic acids is 4. The summed E-state index contributed by atoms with van der Waals surface area (Å²) in [7, 11) is 3.48.